The molecule has 3 heteroatoms. The van der Waals surface area contributed by atoms with Crippen molar-refractivity contribution in [1.29, 1.82) is 0 Å². The molecule has 18 heavy (non-hydrogen) atoms. The molecule has 2 atom stereocenters. The third kappa shape index (κ3) is 3.39. The molecule has 100 valence electrons. The SMILES string of the molecule is CCC(C)CN(C)CC1CNc2ccccc2O1. The van der Waals surface area contributed by atoms with Gasteiger partial charge >= 0.3 is 0 Å². The highest BCUT2D eigenvalue weighted by Gasteiger charge is 2.20. The maximum Gasteiger partial charge on any atom is 0.142 e. The smallest absolute Gasteiger partial charge is 0.142 e. The van der Waals surface area contributed by atoms with Crippen molar-refractivity contribution in [2.75, 3.05) is 32.0 Å². The Labute approximate surface area is 110 Å². The molecule has 2 rings (SSSR count). The Hall–Kier alpha value is -1.22. The van der Waals surface area contributed by atoms with Crippen LogP contribution in [0.3, 0.4) is 0 Å². The predicted molar refractivity (Wildman–Crippen MR) is 76.3 cm³/mol. The third-order valence-corrected chi connectivity index (χ3v) is 3.54. The largest absolute Gasteiger partial charge is 0.485 e. The summed E-state index contributed by atoms with van der Waals surface area (Å²) in [5.41, 5.74) is 1.11. The van der Waals surface area contributed by atoms with Crippen LogP contribution in [0.1, 0.15) is 20.3 Å². The Morgan fingerprint density at radius 1 is 1.44 bits per heavy atom. The van der Waals surface area contributed by atoms with Crippen molar-refractivity contribution in [2.45, 2.75) is 26.4 Å². The third-order valence-electron chi connectivity index (χ3n) is 3.54. The zero-order valence-corrected chi connectivity index (χ0v) is 11.6. The standard InChI is InChI=1S/C15H24N2O/c1-4-12(2)10-17(3)11-13-9-16-14-7-5-6-8-15(14)18-13/h5-8,12-13,16H,4,9-11H2,1-3H3. The highest BCUT2D eigenvalue weighted by atomic mass is 16.5. The second kappa shape index (κ2) is 6.10. The van der Waals surface area contributed by atoms with E-state index in [1.54, 1.807) is 0 Å². The average Bonchev–Trinajstić information content (AvgIpc) is 2.38. The van der Waals surface area contributed by atoms with Crippen LogP contribution in [0.15, 0.2) is 24.3 Å². The fourth-order valence-corrected chi connectivity index (χ4v) is 2.35. The Morgan fingerprint density at radius 3 is 3.00 bits per heavy atom. The van der Waals surface area contributed by atoms with E-state index in [0.717, 1.165) is 37.0 Å². The van der Waals surface area contributed by atoms with Crippen LogP contribution in [0, 0.1) is 5.92 Å². The van der Waals surface area contributed by atoms with Crippen molar-refractivity contribution in [3.8, 4) is 5.75 Å². The molecule has 0 saturated heterocycles. The fourth-order valence-electron chi connectivity index (χ4n) is 2.35. The second-order valence-electron chi connectivity index (χ2n) is 5.35. The van der Waals surface area contributed by atoms with Crippen LogP contribution in [0.2, 0.25) is 0 Å². The van der Waals surface area contributed by atoms with E-state index in [4.69, 9.17) is 4.74 Å². The maximum absolute atomic E-state index is 6.01. The molecule has 3 nitrogen and oxygen atoms in total. The van der Waals surface area contributed by atoms with Gasteiger partial charge < -0.3 is 15.0 Å². The first-order valence-corrected chi connectivity index (χ1v) is 6.87. The quantitative estimate of drug-likeness (QED) is 0.867. The molecular weight excluding hydrogens is 224 g/mol. The summed E-state index contributed by atoms with van der Waals surface area (Å²) in [6.45, 7) is 7.55. The van der Waals surface area contributed by atoms with Crippen molar-refractivity contribution < 1.29 is 4.74 Å². The van der Waals surface area contributed by atoms with Gasteiger partial charge in [-0.05, 0) is 25.1 Å². The summed E-state index contributed by atoms with van der Waals surface area (Å²) < 4.78 is 6.01. The van der Waals surface area contributed by atoms with E-state index in [1.165, 1.54) is 6.42 Å². The number of benzene rings is 1. The summed E-state index contributed by atoms with van der Waals surface area (Å²) in [4.78, 5) is 2.37. The van der Waals surface area contributed by atoms with Crippen LogP contribution in [-0.2, 0) is 0 Å². The molecule has 2 unspecified atom stereocenters. The van der Waals surface area contributed by atoms with E-state index in [2.05, 4.69) is 37.2 Å². The number of fused-ring (bicyclic) bond motifs is 1. The zero-order chi connectivity index (χ0) is 13.0. The Bertz CT molecular complexity index is 381. The first-order valence-electron chi connectivity index (χ1n) is 6.87. The molecule has 0 bridgehead atoms. The van der Waals surface area contributed by atoms with E-state index >= 15 is 0 Å². The number of para-hydroxylation sites is 2. The van der Waals surface area contributed by atoms with E-state index < -0.39 is 0 Å². The molecule has 0 saturated carbocycles. The molecule has 0 spiro atoms. The number of ether oxygens (including phenoxy) is 1. The molecule has 0 aromatic heterocycles. The molecule has 1 heterocycles. The van der Waals surface area contributed by atoms with Gasteiger partial charge in [0.1, 0.15) is 11.9 Å². The summed E-state index contributed by atoms with van der Waals surface area (Å²) in [6, 6.07) is 8.15. The predicted octanol–water partition coefficient (Wildman–Crippen LogP) is 2.84. The first kappa shape index (κ1) is 13.2. The summed E-state index contributed by atoms with van der Waals surface area (Å²) in [5, 5.41) is 3.43. The fraction of sp³-hybridized carbons (Fsp3) is 0.600. The van der Waals surface area contributed by atoms with E-state index in [-0.39, 0.29) is 6.10 Å². The van der Waals surface area contributed by atoms with Crippen LogP contribution in [0.4, 0.5) is 5.69 Å². The second-order valence-corrected chi connectivity index (χ2v) is 5.35. The van der Waals surface area contributed by atoms with Gasteiger partial charge in [-0.1, -0.05) is 32.4 Å². The lowest BCUT2D eigenvalue weighted by Crippen LogP contribution is -2.41. The molecule has 0 fully saturated rings. The Kier molecular flexibility index (Phi) is 4.48. The number of hydrogen-bond acceptors (Lipinski definition) is 3. The number of nitrogens with one attached hydrogen (secondary N) is 1. The van der Waals surface area contributed by atoms with Gasteiger partial charge in [-0.25, -0.2) is 0 Å². The van der Waals surface area contributed by atoms with Crippen molar-refractivity contribution in [3.63, 3.8) is 0 Å². The minimum absolute atomic E-state index is 0.244. The van der Waals surface area contributed by atoms with Gasteiger partial charge in [-0.15, -0.1) is 0 Å². The maximum atomic E-state index is 6.01. The normalized spacial score (nSPS) is 19.9. The van der Waals surface area contributed by atoms with Crippen molar-refractivity contribution in [1.82, 2.24) is 4.90 Å². The topological polar surface area (TPSA) is 24.5 Å². The van der Waals surface area contributed by atoms with Crippen molar-refractivity contribution in [2.24, 2.45) is 5.92 Å². The van der Waals surface area contributed by atoms with Gasteiger partial charge in [-0.3, -0.25) is 0 Å². The van der Waals surface area contributed by atoms with Gasteiger partial charge in [0, 0.05) is 13.1 Å². The van der Waals surface area contributed by atoms with E-state index in [9.17, 15) is 0 Å². The van der Waals surface area contributed by atoms with Gasteiger partial charge in [0.15, 0.2) is 0 Å². The van der Waals surface area contributed by atoms with Crippen LogP contribution < -0.4 is 10.1 Å². The summed E-state index contributed by atoms with van der Waals surface area (Å²) in [5.74, 6) is 1.73. The van der Waals surface area contributed by atoms with E-state index in [0.29, 0.717) is 0 Å². The van der Waals surface area contributed by atoms with Crippen LogP contribution in [0.5, 0.6) is 5.75 Å². The zero-order valence-electron chi connectivity index (χ0n) is 11.6. The summed E-state index contributed by atoms with van der Waals surface area (Å²) in [7, 11) is 2.18. The monoisotopic (exact) mass is 248 g/mol. The summed E-state index contributed by atoms with van der Waals surface area (Å²) >= 11 is 0. The summed E-state index contributed by atoms with van der Waals surface area (Å²) in [6.07, 6.45) is 1.48. The first-order chi connectivity index (χ1) is 8.69. The van der Waals surface area contributed by atoms with Crippen LogP contribution >= 0.6 is 0 Å². The highest BCUT2D eigenvalue weighted by Crippen LogP contribution is 2.28. The lowest BCUT2D eigenvalue weighted by atomic mass is 10.1. The number of likely N-dealkylation sites (N-methyl/N-ethyl adjacent to an activating group) is 1. The average molecular weight is 248 g/mol. The van der Waals surface area contributed by atoms with Gasteiger partial charge in [-0.2, -0.15) is 0 Å². The van der Waals surface area contributed by atoms with Crippen LogP contribution in [0.25, 0.3) is 0 Å². The lowest BCUT2D eigenvalue weighted by molar-refractivity contribution is 0.142. The Morgan fingerprint density at radius 2 is 2.22 bits per heavy atom. The lowest BCUT2D eigenvalue weighted by Gasteiger charge is -2.31. The highest BCUT2D eigenvalue weighted by molar-refractivity contribution is 5.57. The molecule has 1 aliphatic heterocycles. The van der Waals surface area contributed by atoms with Crippen molar-refractivity contribution in [3.05, 3.63) is 24.3 Å². The molecule has 0 radical (unpaired) electrons. The molecular formula is C15H24N2O. The number of anilines is 1. The minimum atomic E-state index is 0.244. The number of rotatable bonds is 5. The molecule has 1 aliphatic rings. The molecule has 0 aliphatic carbocycles. The number of nitrogens with zero attached hydrogens (tertiary/aromatic N) is 1. The minimum Gasteiger partial charge on any atom is -0.485 e. The van der Waals surface area contributed by atoms with Crippen LogP contribution in [-0.4, -0.2) is 37.7 Å². The van der Waals surface area contributed by atoms with Gasteiger partial charge in [0.2, 0.25) is 0 Å². The molecule has 1 aromatic carbocycles. The molecule has 1 aromatic rings. The van der Waals surface area contributed by atoms with E-state index in [1.807, 2.05) is 18.2 Å². The molecule has 1 N–H and O–H groups in total. The van der Waals surface area contributed by atoms with Gasteiger partial charge in [0.25, 0.3) is 0 Å². The van der Waals surface area contributed by atoms with Crippen molar-refractivity contribution >= 4 is 5.69 Å². The van der Waals surface area contributed by atoms with Gasteiger partial charge in [0.05, 0.1) is 12.2 Å². The Balaban J connectivity index is 1.86. The number of hydrogen-bond donors (Lipinski definition) is 1. The molecule has 0 amide bonds.